The molecule has 0 saturated heterocycles. The molecule has 0 unspecified atom stereocenters. The van der Waals surface area contributed by atoms with Crippen LogP contribution < -0.4 is 0 Å². The van der Waals surface area contributed by atoms with Crippen molar-refractivity contribution < 1.29 is 14.3 Å². The highest BCUT2D eigenvalue weighted by atomic mass is 32.1. The highest BCUT2D eigenvalue weighted by Crippen LogP contribution is 2.16. The van der Waals surface area contributed by atoms with E-state index in [0.29, 0.717) is 4.88 Å². The van der Waals surface area contributed by atoms with E-state index >= 15 is 0 Å². The monoisotopic (exact) mass is 210 g/mol. The van der Waals surface area contributed by atoms with Crippen molar-refractivity contribution >= 4 is 29.7 Å². The molecule has 1 aromatic rings. The number of hydrogen-bond acceptors (Lipinski definition) is 4. The highest BCUT2D eigenvalue weighted by molar-refractivity contribution is 7.14. The van der Waals surface area contributed by atoms with Crippen LogP contribution in [0.25, 0.3) is 6.08 Å². The van der Waals surface area contributed by atoms with E-state index in [-0.39, 0.29) is 12.4 Å². The highest BCUT2D eigenvalue weighted by Gasteiger charge is 1.96. The van der Waals surface area contributed by atoms with Gasteiger partial charge in [-0.1, -0.05) is 6.08 Å². The van der Waals surface area contributed by atoms with E-state index < -0.39 is 0 Å². The van der Waals surface area contributed by atoms with Gasteiger partial charge in [-0.05, 0) is 18.2 Å². The van der Waals surface area contributed by atoms with Crippen LogP contribution in [-0.4, -0.2) is 19.4 Å². The summed E-state index contributed by atoms with van der Waals surface area (Å²) in [5, 5.41) is 0. The Hall–Kier alpha value is -1.42. The average Bonchev–Trinajstić information content (AvgIpc) is 2.65. The van der Waals surface area contributed by atoms with Gasteiger partial charge in [0, 0.05) is 4.88 Å². The molecule has 3 nitrogen and oxygen atoms in total. The van der Waals surface area contributed by atoms with E-state index in [9.17, 15) is 9.59 Å². The first kappa shape index (κ1) is 10.7. The number of hydrogen-bond donors (Lipinski definition) is 0. The van der Waals surface area contributed by atoms with E-state index in [2.05, 4.69) is 4.74 Å². The molecule has 0 aliphatic carbocycles. The number of carbonyl (C=O) groups excluding carboxylic acids is 2. The lowest BCUT2D eigenvalue weighted by molar-refractivity contribution is -0.139. The minimum atomic E-state index is -0.270. The van der Waals surface area contributed by atoms with Crippen LogP contribution in [0.3, 0.4) is 0 Å². The molecule has 74 valence electrons. The van der Waals surface area contributed by atoms with Crippen LogP contribution in [0.5, 0.6) is 0 Å². The van der Waals surface area contributed by atoms with Crippen molar-refractivity contribution in [1.29, 1.82) is 0 Å². The molecule has 0 N–H and O–H groups in total. The van der Waals surface area contributed by atoms with Gasteiger partial charge in [-0.15, -0.1) is 11.3 Å². The molecule has 0 aliphatic heterocycles. The van der Waals surface area contributed by atoms with E-state index in [4.69, 9.17) is 0 Å². The maximum atomic E-state index is 10.7. The van der Waals surface area contributed by atoms with Gasteiger partial charge in [0.1, 0.15) is 0 Å². The Kier molecular flexibility index (Phi) is 4.07. The predicted octanol–water partition coefficient (Wildman–Crippen LogP) is 2.14. The van der Waals surface area contributed by atoms with E-state index in [1.54, 1.807) is 18.2 Å². The Morgan fingerprint density at radius 1 is 1.50 bits per heavy atom. The van der Waals surface area contributed by atoms with E-state index in [1.165, 1.54) is 18.4 Å². The normalized spacial score (nSPS) is 10.4. The fourth-order valence-corrected chi connectivity index (χ4v) is 1.63. The Labute approximate surface area is 86.0 Å². The zero-order chi connectivity index (χ0) is 10.4. The van der Waals surface area contributed by atoms with Crippen molar-refractivity contribution in [3.8, 4) is 0 Å². The number of thiophene rings is 1. The summed E-state index contributed by atoms with van der Waals surface area (Å²) < 4.78 is 4.47. The summed E-state index contributed by atoms with van der Waals surface area (Å²) in [6, 6.07) is 3.58. The van der Waals surface area contributed by atoms with Gasteiger partial charge in [0.25, 0.3) is 0 Å². The number of rotatable bonds is 4. The van der Waals surface area contributed by atoms with Gasteiger partial charge in [-0.25, -0.2) is 0 Å². The first-order valence-electron chi connectivity index (χ1n) is 4.04. The lowest BCUT2D eigenvalue weighted by Gasteiger charge is -1.90. The summed E-state index contributed by atoms with van der Waals surface area (Å²) >= 11 is 1.39. The van der Waals surface area contributed by atoms with Crippen LogP contribution in [0, 0.1) is 0 Å². The zero-order valence-electron chi connectivity index (χ0n) is 7.73. The third-order valence-corrected chi connectivity index (χ3v) is 2.53. The third kappa shape index (κ3) is 3.14. The topological polar surface area (TPSA) is 43.4 Å². The summed E-state index contributed by atoms with van der Waals surface area (Å²) in [6.07, 6.45) is 4.58. The molecular weight excluding hydrogens is 200 g/mol. The molecule has 0 aromatic carbocycles. The first-order chi connectivity index (χ1) is 6.76. The van der Waals surface area contributed by atoms with Gasteiger partial charge in [0.15, 0.2) is 6.29 Å². The molecule has 0 spiro atoms. The van der Waals surface area contributed by atoms with Crippen LogP contribution in [0.15, 0.2) is 18.2 Å². The summed E-state index contributed by atoms with van der Waals surface area (Å²) in [4.78, 5) is 22.7. The molecule has 1 heterocycles. The van der Waals surface area contributed by atoms with Gasteiger partial charge in [0.05, 0.1) is 18.4 Å². The van der Waals surface area contributed by atoms with Crippen molar-refractivity contribution in [3.63, 3.8) is 0 Å². The smallest absolute Gasteiger partial charge is 0.309 e. The maximum Gasteiger partial charge on any atom is 0.309 e. The first-order valence-corrected chi connectivity index (χ1v) is 4.86. The molecular formula is C10H10O3S. The molecule has 14 heavy (non-hydrogen) atoms. The standard InChI is InChI=1S/C10H10O3S/c1-13-10(12)4-2-3-8-5-6-9(7-11)14-8/h2-3,5-7H,4H2,1H3. The molecule has 0 aliphatic rings. The number of aldehydes is 1. The van der Waals surface area contributed by atoms with Crippen molar-refractivity contribution in [2.24, 2.45) is 0 Å². The fourth-order valence-electron chi connectivity index (χ4n) is 0.876. The Morgan fingerprint density at radius 3 is 2.79 bits per heavy atom. The maximum absolute atomic E-state index is 10.7. The van der Waals surface area contributed by atoms with Crippen LogP contribution >= 0.6 is 11.3 Å². The van der Waals surface area contributed by atoms with Crippen molar-refractivity contribution in [2.75, 3.05) is 7.11 Å². The molecule has 1 aromatic heterocycles. The van der Waals surface area contributed by atoms with E-state index in [0.717, 1.165) is 11.2 Å². The second-order valence-electron chi connectivity index (χ2n) is 2.54. The SMILES string of the molecule is COC(=O)CC=Cc1ccc(C=O)s1. The quantitative estimate of drug-likeness (QED) is 0.565. The lowest BCUT2D eigenvalue weighted by atomic mass is 10.3. The Balaban J connectivity index is 2.51. The second-order valence-corrected chi connectivity index (χ2v) is 3.69. The minimum Gasteiger partial charge on any atom is -0.469 e. The number of ether oxygens (including phenoxy) is 1. The summed E-state index contributed by atoms with van der Waals surface area (Å²) in [7, 11) is 1.35. The van der Waals surface area contributed by atoms with E-state index in [1.807, 2.05) is 6.07 Å². The zero-order valence-corrected chi connectivity index (χ0v) is 8.54. The van der Waals surface area contributed by atoms with Gasteiger partial charge >= 0.3 is 5.97 Å². The van der Waals surface area contributed by atoms with Crippen molar-refractivity contribution in [2.45, 2.75) is 6.42 Å². The Bertz CT molecular complexity index is 352. The number of methoxy groups -OCH3 is 1. The van der Waals surface area contributed by atoms with Gasteiger partial charge < -0.3 is 4.74 Å². The summed E-state index contributed by atoms with van der Waals surface area (Å²) in [5.74, 6) is -0.270. The molecule has 1 rings (SSSR count). The van der Waals surface area contributed by atoms with Gasteiger partial charge in [-0.3, -0.25) is 9.59 Å². The Morgan fingerprint density at radius 2 is 2.21 bits per heavy atom. The molecule has 0 amide bonds. The molecule has 4 heteroatoms. The molecule has 0 radical (unpaired) electrons. The average molecular weight is 210 g/mol. The van der Waals surface area contributed by atoms with Crippen LogP contribution in [-0.2, 0) is 9.53 Å². The number of carbonyl (C=O) groups is 2. The third-order valence-electron chi connectivity index (χ3n) is 1.56. The summed E-state index contributed by atoms with van der Waals surface area (Å²) in [6.45, 7) is 0. The summed E-state index contributed by atoms with van der Waals surface area (Å²) in [5.41, 5.74) is 0. The molecule has 0 bridgehead atoms. The molecule has 0 fully saturated rings. The predicted molar refractivity (Wildman–Crippen MR) is 55.4 cm³/mol. The minimum absolute atomic E-state index is 0.255. The lowest BCUT2D eigenvalue weighted by Crippen LogP contribution is -1.96. The fraction of sp³-hybridized carbons (Fsp3) is 0.200. The second kappa shape index (κ2) is 5.34. The largest absolute Gasteiger partial charge is 0.469 e. The van der Waals surface area contributed by atoms with Gasteiger partial charge in [-0.2, -0.15) is 0 Å². The van der Waals surface area contributed by atoms with Gasteiger partial charge in [0.2, 0.25) is 0 Å². The van der Waals surface area contributed by atoms with Crippen LogP contribution in [0.2, 0.25) is 0 Å². The molecule has 0 saturated carbocycles. The van der Waals surface area contributed by atoms with Crippen molar-refractivity contribution in [1.82, 2.24) is 0 Å². The number of esters is 1. The van der Waals surface area contributed by atoms with Crippen LogP contribution in [0.4, 0.5) is 0 Å². The van der Waals surface area contributed by atoms with Crippen LogP contribution in [0.1, 0.15) is 21.0 Å². The van der Waals surface area contributed by atoms with Crippen molar-refractivity contribution in [3.05, 3.63) is 28.0 Å². The molecule has 0 atom stereocenters.